The first-order valence-electron chi connectivity index (χ1n) is 10.1. The molecule has 0 radical (unpaired) electrons. The summed E-state index contributed by atoms with van der Waals surface area (Å²) in [6, 6.07) is 14.8. The molecule has 0 atom stereocenters. The average molecular weight is 474 g/mol. The second kappa shape index (κ2) is 10.6. The molecule has 0 aliphatic rings. The second-order valence-corrected chi connectivity index (χ2v) is 9.18. The van der Waals surface area contributed by atoms with Gasteiger partial charge in [-0.3, -0.25) is 9.78 Å². The van der Waals surface area contributed by atoms with Gasteiger partial charge in [0.05, 0.1) is 5.02 Å². The highest BCUT2D eigenvalue weighted by molar-refractivity contribution is 7.89. The van der Waals surface area contributed by atoms with Crippen LogP contribution < -0.4 is 10.1 Å². The summed E-state index contributed by atoms with van der Waals surface area (Å²) >= 11 is 6.16. The first kappa shape index (κ1) is 23.7. The largest absolute Gasteiger partial charge is 0.489 e. The molecule has 0 saturated carbocycles. The van der Waals surface area contributed by atoms with Gasteiger partial charge in [-0.1, -0.05) is 37.6 Å². The molecule has 0 aliphatic heterocycles. The summed E-state index contributed by atoms with van der Waals surface area (Å²) in [4.78, 5) is 16.8. The van der Waals surface area contributed by atoms with E-state index in [1.165, 1.54) is 16.4 Å². The quantitative estimate of drug-likeness (QED) is 0.490. The van der Waals surface area contributed by atoms with E-state index in [1.54, 1.807) is 56.6 Å². The molecule has 1 N–H and O–H groups in total. The molecule has 32 heavy (non-hydrogen) atoms. The van der Waals surface area contributed by atoms with E-state index in [0.717, 1.165) is 5.56 Å². The van der Waals surface area contributed by atoms with E-state index >= 15 is 0 Å². The molecule has 0 saturated heterocycles. The number of benzene rings is 2. The Kier molecular flexibility index (Phi) is 7.84. The van der Waals surface area contributed by atoms with E-state index in [2.05, 4.69) is 10.3 Å². The number of sulfonamides is 1. The van der Waals surface area contributed by atoms with Crippen LogP contribution >= 0.6 is 11.6 Å². The van der Waals surface area contributed by atoms with Gasteiger partial charge in [0, 0.05) is 42.3 Å². The number of nitrogens with zero attached hydrogens (tertiary/aromatic N) is 2. The van der Waals surface area contributed by atoms with Crippen LogP contribution in [0.1, 0.15) is 29.8 Å². The highest BCUT2D eigenvalue weighted by atomic mass is 35.5. The zero-order chi connectivity index (χ0) is 23.1. The zero-order valence-corrected chi connectivity index (χ0v) is 19.4. The van der Waals surface area contributed by atoms with E-state index in [9.17, 15) is 13.2 Å². The van der Waals surface area contributed by atoms with Crippen LogP contribution in [0.4, 0.5) is 5.69 Å². The summed E-state index contributed by atoms with van der Waals surface area (Å²) < 4.78 is 32.8. The van der Waals surface area contributed by atoms with Crippen molar-refractivity contribution in [2.24, 2.45) is 0 Å². The molecule has 9 heteroatoms. The Morgan fingerprint density at radius 1 is 1.09 bits per heavy atom. The van der Waals surface area contributed by atoms with Gasteiger partial charge < -0.3 is 10.1 Å². The molecule has 0 aliphatic carbocycles. The minimum atomic E-state index is -3.77. The number of carbonyl (C=O) groups excluding carboxylic acids is 1. The summed E-state index contributed by atoms with van der Waals surface area (Å²) in [5, 5.41) is 2.83. The molecule has 0 bridgehead atoms. The fourth-order valence-electron chi connectivity index (χ4n) is 3.06. The summed E-state index contributed by atoms with van der Waals surface area (Å²) in [7, 11) is -3.77. The van der Waals surface area contributed by atoms with E-state index in [1.807, 2.05) is 12.1 Å². The molecule has 3 rings (SSSR count). The maximum Gasteiger partial charge on any atom is 0.255 e. The molecule has 1 amide bonds. The lowest BCUT2D eigenvalue weighted by atomic mass is 10.2. The maximum absolute atomic E-state index is 12.9. The molecule has 168 valence electrons. The van der Waals surface area contributed by atoms with Gasteiger partial charge in [-0.05, 0) is 42.5 Å². The molecule has 2 aromatic carbocycles. The molecule has 1 aromatic heterocycles. The van der Waals surface area contributed by atoms with Crippen molar-refractivity contribution in [1.82, 2.24) is 9.29 Å². The highest BCUT2D eigenvalue weighted by Crippen LogP contribution is 2.28. The molecule has 3 aromatic rings. The standard InChI is InChI=1S/C23H24ClN3O4S/c1-3-27(4-2)32(29,30)22-14-19(10-11-21(22)24)26-23(28)18-8-5-9-20(13-18)31-16-17-7-6-12-25-15-17/h5-15H,3-4,16H2,1-2H3,(H,26,28). The number of nitrogens with one attached hydrogen (secondary N) is 1. The van der Waals surface area contributed by atoms with Crippen LogP contribution in [0, 0.1) is 0 Å². The number of carbonyl (C=O) groups is 1. The smallest absolute Gasteiger partial charge is 0.255 e. The Bertz CT molecular complexity index is 1180. The van der Waals surface area contributed by atoms with Crippen LogP contribution in [0.3, 0.4) is 0 Å². The van der Waals surface area contributed by atoms with E-state index in [4.69, 9.17) is 16.3 Å². The molecule has 0 spiro atoms. The van der Waals surface area contributed by atoms with E-state index in [0.29, 0.717) is 36.7 Å². The number of hydrogen-bond donors (Lipinski definition) is 1. The number of aromatic nitrogens is 1. The van der Waals surface area contributed by atoms with Crippen molar-refractivity contribution in [3.63, 3.8) is 0 Å². The van der Waals surface area contributed by atoms with Gasteiger partial charge >= 0.3 is 0 Å². The fourth-order valence-corrected chi connectivity index (χ4v) is 5.02. The Labute approximate surface area is 193 Å². The number of rotatable bonds is 9. The number of hydrogen-bond acceptors (Lipinski definition) is 5. The van der Waals surface area contributed by atoms with Gasteiger partial charge in [0.25, 0.3) is 5.91 Å². The number of pyridine rings is 1. The van der Waals surface area contributed by atoms with Gasteiger partial charge in [0.2, 0.25) is 10.0 Å². The topological polar surface area (TPSA) is 88.6 Å². The first-order valence-corrected chi connectivity index (χ1v) is 11.9. The number of amides is 1. The third-order valence-corrected chi connectivity index (χ3v) is 7.27. The lowest BCUT2D eigenvalue weighted by molar-refractivity contribution is 0.102. The Morgan fingerprint density at radius 3 is 2.56 bits per heavy atom. The molecule has 1 heterocycles. The Hall–Kier alpha value is -2.94. The van der Waals surface area contributed by atoms with Crippen LogP contribution in [0.2, 0.25) is 5.02 Å². The third kappa shape index (κ3) is 5.64. The lowest BCUT2D eigenvalue weighted by Gasteiger charge is -2.19. The number of ether oxygens (including phenoxy) is 1. The predicted octanol–water partition coefficient (Wildman–Crippen LogP) is 4.60. The number of halogens is 1. The maximum atomic E-state index is 12.9. The average Bonchev–Trinajstić information content (AvgIpc) is 2.80. The van der Waals surface area contributed by atoms with Gasteiger partial charge in [0.15, 0.2) is 0 Å². The van der Waals surface area contributed by atoms with Crippen LogP contribution in [-0.4, -0.2) is 36.7 Å². The summed E-state index contributed by atoms with van der Waals surface area (Å²) in [6.45, 7) is 4.46. The van der Waals surface area contributed by atoms with Crippen molar-refractivity contribution >= 4 is 33.2 Å². The number of anilines is 1. The molecule has 7 nitrogen and oxygen atoms in total. The fraction of sp³-hybridized carbons (Fsp3) is 0.217. The Morgan fingerprint density at radius 2 is 1.88 bits per heavy atom. The Balaban J connectivity index is 1.76. The van der Waals surface area contributed by atoms with Gasteiger partial charge in [-0.15, -0.1) is 0 Å². The van der Waals surface area contributed by atoms with Crippen molar-refractivity contribution in [1.29, 1.82) is 0 Å². The lowest BCUT2D eigenvalue weighted by Crippen LogP contribution is -2.30. The van der Waals surface area contributed by atoms with Crippen molar-refractivity contribution < 1.29 is 17.9 Å². The first-order chi connectivity index (χ1) is 15.3. The van der Waals surface area contributed by atoms with Crippen LogP contribution in [-0.2, 0) is 16.6 Å². The third-order valence-electron chi connectivity index (χ3n) is 4.74. The van der Waals surface area contributed by atoms with Crippen LogP contribution in [0.15, 0.2) is 71.9 Å². The summed E-state index contributed by atoms with van der Waals surface area (Å²) in [5.74, 6) is 0.132. The molecule has 0 fully saturated rings. The van der Waals surface area contributed by atoms with Crippen molar-refractivity contribution in [3.8, 4) is 5.75 Å². The minimum Gasteiger partial charge on any atom is -0.489 e. The van der Waals surface area contributed by atoms with Crippen molar-refractivity contribution in [3.05, 3.63) is 83.1 Å². The van der Waals surface area contributed by atoms with Crippen LogP contribution in [0.5, 0.6) is 5.75 Å². The van der Waals surface area contributed by atoms with Gasteiger partial charge in [-0.2, -0.15) is 4.31 Å². The van der Waals surface area contributed by atoms with E-state index in [-0.39, 0.29) is 9.92 Å². The molecular formula is C23H24ClN3O4S. The molecule has 0 unspecified atom stereocenters. The monoisotopic (exact) mass is 473 g/mol. The zero-order valence-electron chi connectivity index (χ0n) is 17.8. The molecular weight excluding hydrogens is 450 g/mol. The van der Waals surface area contributed by atoms with Crippen molar-refractivity contribution in [2.75, 3.05) is 18.4 Å². The predicted molar refractivity (Wildman–Crippen MR) is 125 cm³/mol. The minimum absolute atomic E-state index is 0.0470. The second-order valence-electron chi connectivity index (χ2n) is 6.87. The highest BCUT2D eigenvalue weighted by Gasteiger charge is 2.25. The van der Waals surface area contributed by atoms with Gasteiger partial charge in [0.1, 0.15) is 17.3 Å². The SMILES string of the molecule is CCN(CC)S(=O)(=O)c1cc(NC(=O)c2cccc(OCc3cccnc3)c2)ccc1Cl. The van der Waals surface area contributed by atoms with E-state index < -0.39 is 15.9 Å². The van der Waals surface area contributed by atoms with Gasteiger partial charge in [-0.25, -0.2) is 8.42 Å². The summed E-state index contributed by atoms with van der Waals surface area (Å²) in [5.41, 5.74) is 1.61. The normalized spacial score (nSPS) is 11.4. The summed E-state index contributed by atoms with van der Waals surface area (Å²) in [6.07, 6.45) is 3.39. The van der Waals surface area contributed by atoms with Crippen molar-refractivity contribution in [2.45, 2.75) is 25.3 Å². The van der Waals surface area contributed by atoms with Crippen LogP contribution in [0.25, 0.3) is 0 Å².